The van der Waals surface area contributed by atoms with E-state index >= 15 is 0 Å². The Labute approximate surface area is 186 Å². The standard InChI is InChI=1S/C21H22N4O4.C2H7N/c1-13(2)16-9-17(20(29)10-19(16)28)21(23-22-11-26)24(3)15-4-5-18-14(8-15)6-7-25(18)12-27;1-2-3/h4-13,28-29H,1-3H3,(H,22,26);2-3H2,1H3/b23-21-;. The van der Waals surface area contributed by atoms with Crippen LogP contribution in [0.5, 0.6) is 11.5 Å². The molecule has 0 atom stereocenters. The molecule has 0 fully saturated rings. The molecule has 5 N–H and O–H groups in total. The van der Waals surface area contributed by atoms with Crippen LogP contribution in [0.1, 0.15) is 37.8 Å². The summed E-state index contributed by atoms with van der Waals surface area (Å²) in [7, 11) is 1.74. The summed E-state index contributed by atoms with van der Waals surface area (Å²) in [5, 5.41) is 25.5. The van der Waals surface area contributed by atoms with Crippen LogP contribution in [0.2, 0.25) is 0 Å². The highest BCUT2D eigenvalue weighted by molar-refractivity contribution is 6.12. The SMILES string of the molecule is CC(C)c1cc(/C(=N/NC=O)N(C)c2ccc3c(ccn3C=O)c2)c(O)cc1O.CCN. The minimum absolute atomic E-state index is 0.0109. The van der Waals surface area contributed by atoms with Gasteiger partial charge in [-0.15, -0.1) is 0 Å². The number of hydrazone groups is 1. The second-order valence-electron chi connectivity index (χ2n) is 7.30. The van der Waals surface area contributed by atoms with Crippen LogP contribution in [0.25, 0.3) is 10.9 Å². The molecular weight excluding hydrogens is 410 g/mol. The fraction of sp³-hybridized carbons (Fsp3) is 0.261. The average Bonchev–Trinajstić information content (AvgIpc) is 3.17. The molecule has 0 aliphatic carbocycles. The van der Waals surface area contributed by atoms with Crippen LogP contribution in [0.3, 0.4) is 0 Å². The fourth-order valence-corrected chi connectivity index (χ4v) is 3.21. The van der Waals surface area contributed by atoms with E-state index in [1.807, 2.05) is 32.9 Å². The first-order chi connectivity index (χ1) is 15.3. The van der Waals surface area contributed by atoms with Crippen molar-refractivity contribution in [3.05, 3.63) is 53.7 Å². The number of hydrogen-bond acceptors (Lipinski definition) is 6. The third-order valence-electron chi connectivity index (χ3n) is 4.75. The Balaban J connectivity index is 0.00000114. The lowest BCUT2D eigenvalue weighted by atomic mass is 9.98. The molecule has 0 aliphatic heterocycles. The molecule has 170 valence electrons. The molecular formula is C23H29N5O4. The van der Waals surface area contributed by atoms with Crippen molar-refractivity contribution in [2.24, 2.45) is 10.8 Å². The molecule has 0 unspecified atom stereocenters. The molecule has 0 saturated heterocycles. The van der Waals surface area contributed by atoms with Crippen molar-refractivity contribution in [1.29, 1.82) is 0 Å². The molecule has 0 spiro atoms. The second-order valence-corrected chi connectivity index (χ2v) is 7.30. The number of amidine groups is 1. The maximum absolute atomic E-state index is 11.1. The predicted octanol–water partition coefficient (Wildman–Crippen LogP) is 2.72. The van der Waals surface area contributed by atoms with Crippen LogP contribution in [0.15, 0.2) is 47.7 Å². The molecule has 0 bridgehead atoms. The van der Waals surface area contributed by atoms with E-state index in [9.17, 15) is 19.8 Å². The number of phenolic OH excluding ortho intramolecular Hbond substituents is 2. The third kappa shape index (κ3) is 5.25. The van der Waals surface area contributed by atoms with Gasteiger partial charge in [-0.05, 0) is 48.4 Å². The first kappa shape index (κ1) is 24.4. The number of carbonyl (C=O) groups is 2. The van der Waals surface area contributed by atoms with E-state index in [0.29, 0.717) is 17.5 Å². The molecule has 32 heavy (non-hydrogen) atoms. The van der Waals surface area contributed by atoms with Crippen LogP contribution in [0.4, 0.5) is 5.69 Å². The molecule has 3 rings (SSSR count). The van der Waals surface area contributed by atoms with Crippen molar-refractivity contribution in [1.82, 2.24) is 9.99 Å². The molecule has 9 nitrogen and oxygen atoms in total. The number of hydrogen-bond donors (Lipinski definition) is 4. The van der Waals surface area contributed by atoms with E-state index < -0.39 is 0 Å². The van der Waals surface area contributed by atoms with Gasteiger partial charge in [0.25, 0.3) is 0 Å². The lowest BCUT2D eigenvalue weighted by molar-refractivity contribution is -0.109. The summed E-state index contributed by atoms with van der Waals surface area (Å²) in [5.41, 5.74) is 9.61. The van der Waals surface area contributed by atoms with Crippen molar-refractivity contribution in [3.8, 4) is 11.5 Å². The van der Waals surface area contributed by atoms with E-state index in [-0.39, 0.29) is 23.3 Å². The molecule has 9 heteroatoms. The van der Waals surface area contributed by atoms with Gasteiger partial charge in [-0.3, -0.25) is 14.2 Å². The number of benzene rings is 2. The zero-order valence-corrected chi connectivity index (χ0v) is 18.6. The van der Waals surface area contributed by atoms with Gasteiger partial charge >= 0.3 is 0 Å². The number of amides is 1. The number of nitrogens with two attached hydrogens (primary N) is 1. The highest BCUT2D eigenvalue weighted by Gasteiger charge is 2.20. The Morgan fingerprint density at radius 3 is 2.47 bits per heavy atom. The number of aromatic hydroxyl groups is 2. The minimum atomic E-state index is -0.168. The number of anilines is 1. The number of rotatable bonds is 6. The lowest BCUT2D eigenvalue weighted by Gasteiger charge is -2.23. The number of nitrogens with zero attached hydrogens (tertiary/aromatic N) is 3. The van der Waals surface area contributed by atoms with Gasteiger partial charge in [-0.1, -0.05) is 20.8 Å². The van der Waals surface area contributed by atoms with E-state index in [0.717, 1.165) is 29.5 Å². The van der Waals surface area contributed by atoms with Crippen molar-refractivity contribution in [3.63, 3.8) is 0 Å². The Hall–Kier alpha value is -3.85. The summed E-state index contributed by atoms with van der Waals surface area (Å²) < 4.78 is 1.47. The molecule has 1 heterocycles. The van der Waals surface area contributed by atoms with Crippen LogP contribution in [-0.4, -0.2) is 47.0 Å². The van der Waals surface area contributed by atoms with Gasteiger partial charge in [0.15, 0.2) is 5.84 Å². The van der Waals surface area contributed by atoms with Crippen molar-refractivity contribution < 1.29 is 19.8 Å². The molecule has 0 aliphatic rings. The molecule has 2 aromatic carbocycles. The number of fused-ring (bicyclic) bond motifs is 1. The lowest BCUT2D eigenvalue weighted by Crippen LogP contribution is -2.29. The Morgan fingerprint density at radius 2 is 1.88 bits per heavy atom. The summed E-state index contributed by atoms with van der Waals surface area (Å²) in [4.78, 5) is 23.7. The molecule has 1 aromatic heterocycles. The summed E-state index contributed by atoms with van der Waals surface area (Å²) in [6, 6.07) is 10.2. The zero-order chi connectivity index (χ0) is 23.8. The number of nitrogens with one attached hydrogen (secondary N) is 1. The largest absolute Gasteiger partial charge is 0.508 e. The van der Waals surface area contributed by atoms with Crippen molar-refractivity contribution in [2.45, 2.75) is 26.7 Å². The van der Waals surface area contributed by atoms with Crippen LogP contribution < -0.4 is 16.1 Å². The van der Waals surface area contributed by atoms with Crippen molar-refractivity contribution in [2.75, 3.05) is 18.5 Å². The smallest absolute Gasteiger partial charge is 0.227 e. The first-order valence-corrected chi connectivity index (χ1v) is 10.1. The average molecular weight is 440 g/mol. The first-order valence-electron chi connectivity index (χ1n) is 10.1. The Bertz CT molecular complexity index is 1120. The van der Waals surface area contributed by atoms with Gasteiger partial charge < -0.3 is 20.8 Å². The number of phenols is 2. The number of aromatic nitrogens is 1. The Morgan fingerprint density at radius 1 is 1.19 bits per heavy atom. The van der Waals surface area contributed by atoms with E-state index in [2.05, 4.69) is 10.5 Å². The van der Waals surface area contributed by atoms with Crippen LogP contribution in [0, 0.1) is 0 Å². The predicted molar refractivity (Wildman–Crippen MR) is 127 cm³/mol. The highest BCUT2D eigenvalue weighted by Crippen LogP contribution is 2.34. The summed E-state index contributed by atoms with van der Waals surface area (Å²) in [6.45, 7) is 6.50. The van der Waals surface area contributed by atoms with E-state index in [4.69, 9.17) is 5.73 Å². The zero-order valence-electron chi connectivity index (χ0n) is 18.6. The topological polar surface area (TPSA) is 133 Å². The van der Waals surface area contributed by atoms with Gasteiger partial charge in [0, 0.05) is 30.4 Å². The monoisotopic (exact) mass is 439 g/mol. The van der Waals surface area contributed by atoms with Crippen molar-refractivity contribution >= 4 is 35.2 Å². The molecule has 3 aromatic rings. The van der Waals surface area contributed by atoms with Crippen LogP contribution in [-0.2, 0) is 9.59 Å². The molecule has 0 radical (unpaired) electrons. The summed E-state index contributed by atoms with van der Waals surface area (Å²) >= 11 is 0. The van der Waals surface area contributed by atoms with Crippen LogP contribution >= 0.6 is 0 Å². The van der Waals surface area contributed by atoms with Gasteiger partial charge in [-0.25, -0.2) is 5.43 Å². The highest BCUT2D eigenvalue weighted by atomic mass is 16.3. The maximum atomic E-state index is 11.1. The normalized spacial score (nSPS) is 11.1. The fourth-order valence-electron chi connectivity index (χ4n) is 3.21. The second kappa shape index (κ2) is 11.0. The minimum Gasteiger partial charge on any atom is -0.508 e. The quantitative estimate of drug-likeness (QED) is 0.202. The molecule has 1 amide bonds. The van der Waals surface area contributed by atoms with Gasteiger partial charge in [-0.2, -0.15) is 5.10 Å². The number of carbonyl (C=O) groups excluding carboxylic acids is 2. The maximum Gasteiger partial charge on any atom is 0.227 e. The van der Waals surface area contributed by atoms with E-state index in [1.165, 1.54) is 10.6 Å². The Kier molecular flexibility index (Phi) is 8.37. The third-order valence-corrected chi connectivity index (χ3v) is 4.75. The van der Waals surface area contributed by atoms with E-state index in [1.54, 1.807) is 36.3 Å². The summed E-state index contributed by atoms with van der Waals surface area (Å²) in [5.74, 6) is 0.117. The van der Waals surface area contributed by atoms with Gasteiger partial charge in [0.1, 0.15) is 11.5 Å². The summed E-state index contributed by atoms with van der Waals surface area (Å²) in [6.07, 6.45) is 2.84. The molecule has 0 saturated carbocycles. The van der Waals surface area contributed by atoms with Gasteiger partial charge in [0.2, 0.25) is 12.8 Å². The van der Waals surface area contributed by atoms with Gasteiger partial charge in [0.05, 0.1) is 11.1 Å².